The van der Waals surface area contributed by atoms with Crippen molar-refractivity contribution in [3.63, 3.8) is 0 Å². The minimum Gasteiger partial charge on any atom is -0.454 e. The Hall–Kier alpha value is -1.79. The van der Waals surface area contributed by atoms with E-state index >= 15 is 0 Å². The summed E-state index contributed by atoms with van der Waals surface area (Å²) >= 11 is 0. The van der Waals surface area contributed by atoms with Gasteiger partial charge in [-0.25, -0.2) is 0 Å². The lowest BCUT2D eigenvalue weighted by molar-refractivity contribution is 0.174. The average Bonchev–Trinajstić information content (AvgIpc) is 3.09. The molecule has 2 aromatic carbocycles. The molecule has 136 valence electrons. The highest BCUT2D eigenvalue weighted by atomic mass is 29.3. The van der Waals surface area contributed by atoms with E-state index in [0.717, 1.165) is 11.5 Å². The van der Waals surface area contributed by atoms with Crippen molar-refractivity contribution in [3.05, 3.63) is 66.2 Å². The topological polar surface area (TPSA) is 18.5 Å². The largest absolute Gasteiger partial charge is 0.454 e. The number of allylic oxidation sites excluding steroid dienone is 2. The molecule has 0 aromatic heterocycles. The molecule has 0 saturated heterocycles. The Morgan fingerprint density at radius 2 is 1.69 bits per heavy atom. The maximum Gasteiger partial charge on any atom is 0.231 e. The van der Waals surface area contributed by atoms with Gasteiger partial charge in [-0.15, -0.1) is 0 Å². The smallest absolute Gasteiger partial charge is 0.231 e. The van der Waals surface area contributed by atoms with E-state index in [1.807, 2.05) is 0 Å². The normalized spacial score (nSPS) is 27.5. The number of fused-ring (bicyclic) bond motifs is 1. The number of rotatable bonds is 3. The zero-order chi connectivity index (χ0) is 18.4. The Bertz CT molecular complexity index is 826. The van der Waals surface area contributed by atoms with Crippen molar-refractivity contribution in [1.82, 2.24) is 0 Å². The molecule has 0 aliphatic carbocycles. The second-order valence-electron chi connectivity index (χ2n) is 8.67. The van der Waals surface area contributed by atoms with Crippen LogP contribution in [0.5, 0.6) is 11.5 Å². The molecule has 0 radical (unpaired) electrons. The van der Waals surface area contributed by atoms with Gasteiger partial charge in [-0.05, 0) is 35.2 Å². The van der Waals surface area contributed by atoms with Crippen LogP contribution in [0.15, 0.2) is 60.7 Å². The van der Waals surface area contributed by atoms with E-state index in [4.69, 9.17) is 9.47 Å². The predicted octanol–water partition coefficient (Wildman–Crippen LogP) is 5.02. The molecule has 0 N–H and O–H groups in total. The molecule has 2 aliphatic rings. The van der Waals surface area contributed by atoms with Crippen molar-refractivity contribution in [2.24, 2.45) is 5.92 Å². The van der Waals surface area contributed by atoms with Crippen molar-refractivity contribution < 1.29 is 9.47 Å². The van der Waals surface area contributed by atoms with Crippen LogP contribution >= 0.6 is 0 Å². The van der Waals surface area contributed by atoms with Crippen LogP contribution < -0.4 is 14.7 Å². The summed E-state index contributed by atoms with van der Waals surface area (Å²) in [5.74, 6) is 2.34. The number of ether oxygens (including phenoxy) is 2. The van der Waals surface area contributed by atoms with Gasteiger partial charge in [0.1, 0.15) is 0 Å². The van der Waals surface area contributed by atoms with Crippen molar-refractivity contribution >= 4 is 20.4 Å². The third-order valence-corrected chi connectivity index (χ3v) is 23.6. The predicted molar refractivity (Wildman–Crippen MR) is 114 cm³/mol. The van der Waals surface area contributed by atoms with Crippen LogP contribution in [0.4, 0.5) is 0 Å². The molecule has 0 bridgehead atoms. The van der Waals surface area contributed by atoms with Crippen LogP contribution in [0.25, 0.3) is 0 Å². The van der Waals surface area contributed by atoms with Crippen molar-refractivity contribution in [2.75, 3.05) is 6.79 Å². The van der Waals surface area contributed by atoms with Gasteiger partial charge in [-0.3, -0.25) is 0 Å². The maximum absolute atomic E-state index is 5.71. The van der Waals surface area contributed by atoms with Crippen LogP contribution in [-0.4, -0.2) is 22.0 Å². The van der Waals surface area contributed by atoms with Crippen molar-refractivity contribution in [2.45, 2.75) is 38.2 Å². The van der Waals surface area contributed by atoms with E-state index < -0.39 is 15.2 Å². The molecule has 0 spiro atoms. The molecule has 4 rings (SSSR count). The van der Waals surface area contributed by atoms with Gasteiger partial charge in [0.25, 0.3) is 0 Å². The first-order chi connectivity index (χ1) is 12.4. The summed E-state index contributed by atoms with van der Waals surface area (Å²) in [6, 6.07) is 19.3. The zero-order valence-electron chi connectivity index (χ0n) is 16.2. The first kappa shape index (κ1) is 17.6. The molecular weight excluding hydrogens is 352 g/mol. The minimum atomic E-state index is -1.77. The van der Waals surface area contributed by atoms with Gasteiger partial charge >= 0.3 is 0 Å². The molecule has 2 aromatic rings. The molecule has 4 heteroatoms. The summed E-state index contributed by atoms with van der Waals surface area (Å²) in [5, 5.41) is 1.62. The average molecular weight is 381 g/mol. The van der Waals surface area contributed by atoms with Gasteiger partial charge in [0.15, 0.2) is 11.5 Å². The van der Waals surface area contributed by atoms with Crippen LogP contribution in [-0.2, 0) is 0 Å². The van der Waals surface area contributed by atoms with Gasteiger partial charge in [0, 0.05) is 7.59 Å². The van der Waals surface area contributed by atoms with Gasteiger partial charge in [-0.2, -0.15) is 0 Å². The molecule has 3 atom stereocenters. The molecule has 0 fully saturated rings. The molecule has 0 saturated carbocycles. The fourth-order valence-corrected chi connectivity index (χ4v) is 20.8. The van der Waals surface area contributed by atoms with Crippen LogP contribution in [0.3, 0.4) is 0 Å². The van der Waals surface area contributed by atoms with Crippen LogP contribution in [0.2, 0.25) is 25.7 Å². The quantitative estimate of drug-likeness (QED) is 0.550. The van der Waals surface area contributed by atoms with E-state index in [-0.39, 0.29) is 0 Å². The lowest BCUT2D eigenvalue weighted by atomic mass is 9.99. The van der Waals surface area contributed by atoms with Crippen molar-refractivity contribution in [1.29, 1.82) is 0 Å². The Kier molecular flexibility index (Phi) is 4.36. The first-order valence-electron chi connectivity index (χ1n) is 9.55. The molecule has 26 heavy (non-hydrogen) atoms. The third-order valence-electron chi connectivity index (χ3n) is 6.32. The second-order valence-corrected chi connectivity index (χ2v) is 23.9. The summed E-state index contributed by atoms with van der Waals surface area (Å²) in [6.45, 7) is 10.5. The third kappa shape index (κ3) is 2.67. The molecule has 2 nitrogen and oxygen atoms in total. The SMILES string of the molecule is C[C@H]1C=CC[Si@](c2ccccc2)([Si](C)(C)C)[C@@H]1c1ccc2c(c1)OCO2. The lowest BCUT2D eigenvalue weighted by Gasteiger charge is -2.51. The van der Waals surface area contributed by atoms with E-state index in [1.165, 1.54) is 11.6 Å². The minimum absolute atomic E-state index is 0.341. The van der Waals surface area contributed by atoms with Gasteiger partial charge in [0.05, 0.1) is 7.59 Å². The van der Waals surface area contributed by atoms with Crippen LogP contribution in [0.1, 0.15) is 18.0 Å². The standard InChI is InChI=1S/C22H28O2Si2/c1-17-9-8-14-26(25(2,3)4,19-10-6-5-7-11-19)22(17)18-12-13-20-21(15-18)24-16-23-20/h5-13,15,17,22H,14,16H2,1-4H3/t17-,22-,26+/m0/s1. The molecule has 0 amide bonds. The lowest BCUT2D eigenvalue weighted by Crippen LogP contribution is -2.70. The summed E-state index contributed by atoms with van der Waals surface area (Å²) in [7, 11) is -3.22. The summed E-state index contributed by atoms with van der Waals surface area (Å²) in [5.41, 5.74) is 2.01. The Morgan fingerprint density at radius 1 is 0.962 bits per heavy atom. The fourth-order valence-electron chi connectivity index (χ4n) is 5.09. The molecule has 2 aliphatic heterocycles. The second kappa shape index (κ2) is 6.43. The van der Waals surface area contributed by atoms with E-state index in [0.29, 0.717) is 18.3 Å². The summed E-state index contributed by atoms with van der Waals surface area (Å²) < 4.78 is 11.3. The zero-order valence-corrected chi connectivity index (χ0v) is 18.2. The fraction of sp³-hybridized carbons (Fsp3) is 0.364. The summed E-state index contributed by atoms with van der Waals surface area (Å²) in [4.78, 5) is 0. The van der Waals surface area contributed by atoms with E-state index in [9.17, 15) is 0 Å². The Labute approximate surface area is 158 Å². The highest BCUT2D eigenvalue weighted by Gasteiger charge is 2.54. The number of hydrogen-bond donors (Lipinski definition) is 0. The van der Waals surface area contributed by atoms with Gasteiger partial charge in [0.2, 0.25) is 6.79 Å². The number of hydrogen-bond acceptors (Lipinski definition) is 2. The Balaban J connectivity index is 1.92. The molecular formula is C22H28O2Si2. The highest BCUT2D eigenvalue weighted by Crippen LogP contribution is 2.47. The van der Waals surface area contributed by atoms with E-state index in [2.05, 4.69) is 87.2 Å². The highest BCUT2D eigenvalue weighted by molar-refractivity contribution is 7.46. The monoisotopic (exact) mass is 380 g/mol. The first-order valence-corrected chi connectivity index (χ1v) is 16.3. The van der Waals surface area contributed by atoms with E-state index in [1.54, 1.807) is 5.19 Å². The summed E-state index contributed by atoms with van der Waals surface area (Å²) in [6.07, 6.45) is 4.91. The maximum atomic E-state index is 5.71. The number of benzene rings is 2. The van der Waals surface area contributed by atoms with Gasteiger partial charge in [-0.1, -0.05) is 80.3 Å². The van der Waals surface area contributed by atoms with Crippen LogP contribution in [0, 0.1) is 5.92 Å². The van der Waals surface area contributed by atoms with Crippen molar-refractivity contribution in [3.8, 4) is 11.5 Å². The molecule has 2 heterocycles. The van der Waals surface area contributed by atoms with Gasteiger partial charge < -0.3 is 9.47 Å². The Morgan fingerprint density at radius 3 is 2.42 bits per heavy atom. The molecule has 0 unspecified atom stereocenters.